The highest BCUT2D eigenvalue weighted by Crippen LogP contribution is 2.15. The van der Waals surface area contributed by atoms with Gasteiger partial charge >= 0.3 is 0 Å². The molecule has 0 aliphatic carbocycles. The Morgan fingerprint density at radius 3 is 2.84 bits per heavy atom. The van der Waals surface area contributed by atoms with Gasteiger partial charge in [0.15, 0.2) is 10.9 Å². The number of anilines is 1. The van der Waals surface area contributed by atoms with Crippen LogP contribution in [0.2, 0.25) is 0 Å². The fraction of sp³-hybridized carbons (Fsp3) is 0.154. The van der Waals surface area contributed by atoms with Crippen LogP contribution in [0, 0.1) is 0 Å². The van der Waals surface area contributed by atoms with Crippen molar-refractivity contribution in [3.05, 3.63) is 45.9 Å². The van der Waals surface area contributed by atoms with Gasteiger partial charge in [0.05, 0.1) is 0 Å². The summed E-state index contributed by atoms with van der Waals surface area (Å²) in [6, 6.07) is 7.14. The Labute approximate surface area is 123 Å². The average Bonchev–Trinajstić information content (AvgIpc) is 2.88. The predicted molar refractivity (Wildman–Crippen MR) is 78.5 cm³/mol. The lowest BCUT2D eigenvalue weighted by Crippen LogP contribution is -2.13. The van der Waals surface area contributed by atoms with Crippen molar-refractivity contribution >= 4 is 44.1 Å². The molecule has 1 amide bonds. The maximum atomic E-state index is 11.9. The van der Waals surface area contributed by atoms with Crippen molar-refractivity contribution in [2.75, 3.05) is 5.32 Å². The van der Waals surface area contributed by atoms with Crippen LogP contribution in [0.4, 0.5) is 5.13 Å². The van der Waals surface area contributed by atoms with Gasteiger partial charge in [-0.15, -0.1) is 11.3 Å². The number of amides is 1. The smallest absolute Gasteiger partial charge is 0.226 e. The first-order chi connectivity index (χ1) is 9.15. The van der Waals surface area contributed by atoms with Crippen molar-refractivity contribution in [2.45, 2.75) is 12.8 Å². The highest BCUT2D eigenvalue weighted by atomic mass is 79.9. The minimum absolute atomic E-state index is 0.0458. The van der Waals surface area contributed by atoms with Crippen molar-refractivity contribution in [1.29, 1.82) is 0 Å². The number of carbonyl (C=O) groups excluding carboxylic acids is 2. The van der Waals surface area contributed by atoms with Crippen LogP contribution in [-0.2, 0) is 4.79 Å². The fourth-order valence-electron chi connectivity index (χ4n) is 1.50. The highest BCUT2D eigenvalue weighted by Gasteiger charge is 2.10. The Morgan fingerprint density at radius 1 is 1.32 bits per heavy atom. The number of thiazole rings is 1. The zero-order chi connectivity index (χ0) is 13.7. The average molecular weight is 339 g/mol. The Hall–Kier alpha value is -1.53. The zero-order valence-corrected chi connectivity index (χ0v) is 12.3. The lowest BCUT2D eigenvalue weighted by Gasteiger charge is -2.02. The molecule has 0 saturated heterocycles. The molecule has 0 unspecified atom stereocenters. The van der Waals surface area contributed by atoms with Gasteiger partial charge in [0.25, 0.3) is 0 Å². The second-order valence-corrected chi connectivity index (χ2v) is 5.63. The molecule has 0 atom stereocenters. The molecule has 0 bridgehead atoms. The van der Waals surface area contributed by atoms with E-state index in [9.17, 15) is 9.59 Å². The first-order valence-electron chi connectivity index (χ1n) is 5.63. The first kappa shape index (κ1) is 13.9. The van der Waals surface area contributed by atoms with Gasteiger partial charge in [-0.2, -0.15) is 0 Å². The van der Waals surface area contributed by atoms with Crippen LogP contribution in [0.3, 0.4) is 0 Å². The standard InChI is InChI=1S/C13H11BrN2O2S/c14-10-3-1-2-9(8-10)11(17)4-5-12(18)16-13-15-6-7-19-13/h1-3,6-8H,4-5H2,(H,15,16,18). The second-order valence-electron chi connectivity index (χ2n) is 3.82. The summed E-state index contributed by atoms with van der Waals surface area (Å²) in [5.41, 5.74) is 0.608. The SMILES string of the molecule is O=C(CCC(=O)c1cccc(Br)c1)Nc1nccs1. The van der Waals surface area contributed by atoms with Crippen molar-refractivity contribution in [1.82, 2.24) is 4.98 Å². The Balaban J connectivity index is 1.85. The number of Topliss-reactive ketones (excluding diaryl/α,β-unsaturated/α-hetero) is 1. The van der Waals surface area contributed by atoms with Crippen molar-refractivity contribution < 1.29 is 9.59 Å². The highest BCUT2D eigenvalue weighted by molar-refractivity contribution is 9.10. The van der Waals surface area contributed by atoms with Gasteiger partial charge in [0.1, 0.15) is 0 Å². The minimum atomic E-state index is -0.196. The molecule has 0 aliphatic heterocycles. The fourth-order valence-corrected chi connectivity index (χ4v) is 2.44. The van der Waals surface area contributed by atoms with Crippen molar-refractivity contribution in [3.63, 3.8) is 0 Å². The van der Waals surface area contributed by atoms with Gasteiger partial charge in [-0.05, 0) is 12.1 Å². The number of benzene rings is 1. The molecule has 19 heavy (non-hydrogen) atoms. The van der Waals surface area contributed by atoms with Crippen molar-refractivity contribution in [3.8, 4) is 0 Å². The summed E-state index contributed by atoms with van der Waals surface area (Å²) >= 11 is 4.66. The molecule has 0 radical (unpaired) electrons. The molecule has 98 valence electrons. The molecule has 6 heteroatoms. The molecule has 1 N–H and O–H groups in total. The van der Waals surface area contributed by atoms with Gasteiger partial charge in [-0.3, -0.25) is 9.59 Å². The number of ketones is 1. The predicted octanol–water partition coefficient (Wildman–Crippen LogP) is 3.51. The number of nitrogens with zero attached hydrogens (tertiary/aromatic N) is 1. The largest absolute Gasteiger partial charge is 0.302 e. The monoisotopic (exact) mass is 338 g/mol. The van der Waals surface area contributed by atoms with E-state index in [2.05, 4.69) is 26.2 Å². The molecule has 0 aliphatic rings. The summed E-state index contributed by atoms with van der Waals surface area (Å²) in [5.74, 6) is -0.242. The van der Waals surface area contributed by atoms with E-state index in [1.165, 1.54) is 11.3 Å². The van der Waals surface area contributed by atoms with Crippen LogP contribution in [0.25, 0.3) is 0 Å². The number of hydrogen-bond acceptors (Lipinski definition) is 4. The molecule has 4 nitrogen and oxygen atoms in total. The number of hydrogen-bond donors (Lipinski definition) is 1. The zero-order valence-electron chi connectivity index (χ0n) is 9.93. The first-order valence-corrected chi connectivity index (χ1v) is 7.30. The lowest BCUT2D eigenvalue weighted by atomic mass is 10.1. The number of aromatic nitrogens is 1. The molecular weight excluding hydrogens is 328 g/mol. The third-order valence-corrected chi connectivity index (χ3v) is 3.59. The molecule has 2 aromatic rings. The van der Waals surface area contributed by atoms with E-state index in [1.54, 1.807) is 29.8 Å². The van der Waals surface area contributed by atoms with Crippen LogP contribution in [-0.4, -0.2) is 16.7 Å². The number of rotatable bonds is 5. The number of carbonyl (C=O) groups is 2. The molecule has 2 rings (SSSR count). The van der Waals surface area contributed by atoms with Gasteiger partial charge in [0, 0.05) is 34.5 Å². The molecular formula is C13H11BrN2O2S. The van der Waals surface area contributed by atoms with Crippen LogP contribution >= 0.6 is 27.3 Å². The summed E-state index contributed by atoms with van der Waals surface area (Å²) in [6.45, 7) is 0. The van der Waals surface area contributed by atoms with E-state index in [4.69, 9.17) is 0 Å². The minimum Gasteiger partial charge on any atom is -0.302 e. The third kappa shape index (κ3) is 4.25. The van der Waals surface area contributed by atoms with E-state index in [0.29, 0.717) is 10.7 Å². The molecule has 0 fully saturated rings. The van der Waals surface area contributed by atoms with E-state index in [-0.39, 0.29) is 24.5 Å². The maximum absolute atomic E-state index is 11.9. The molecule has 0 saturated carbocycles. The van der Waals surface area contributed by atoms with Crippen LogP contribution in [0.1, 0.15) is 23.2 Å². The van der Waals surface area contributed by atoms with Gasteiger partial charge in [-0.25, -0.2) is 4.98 Å². The summed E-state index contributed by atoms with van der Waals surface area (Å²) in [4.78, 5) is 27.4. The summed E-state index contributed by atoms with van der Waals surface area (Å²) in [5, 5.41) is 4.98. The molecule has 1 heterocycles. The summed E-state index contributed by atoms with van der Waals surface area (Å²) in [6.07, 6.45) is 1.96. The van der Waals surface area contributed by atoms with E-state index in [1.807, 2.05) is 6.07 Å². The van der Waals surface area contributed by atoms with E-state index >= 15 is 0 Å². The Bertz CT molecular complexity index is 584. The number of halogens is 1. The molecule has 0 spiro atoms. The normalized spacial score (nSPS) is 10.2. The Kier molecular flexibility index (Phi) is 4.81. The number of nitrogens with one attached hydrogen (secondary N) is 1. The van der Waals surface area contributed by atoms with Crippen LogP contribution < -0.4 is 5.32 Å². The van der Waals surface area contributed by atoms with E-state index in [0.717, 1.165) is 4.47 Å². The van der Waals surface area contributed by atoms with Gasteiger partial charge in [0.2, 0.25) is 5.91 Å². The van der Waals surface area contributed by atoms with E-state index < -0.39 is 0 Å². The molecule has 1 aromatic heterocycles. The van der Waals surface area contributed by atoms with Gasteiger partial charge in [-0.1, -0.05) is 28.1 Å². The maximum Gasteiger partial charge on any atom is 0.226 e. The lowest BCUT2D eigenvalue weighted by molar-refractivity contribution is -0.116. The topological polar surface area (TPSA) is 59.1 Å². The second kappa shape index (κ2) is 6.58. The summed E-state index contributed by atoms with van der Waals surface area (Å²) in [7, 11) is 0. The summed E-state index contributed by atoms with van der Waals surface area (Å²) < 4.78 is 0.852. The van der Waals surface area contributed by atoms with Crippen LogP contribution in [0.15, 0.2) is 40.3 Å². The molecule has 1 aromatic carbocycles. The van der Waals surface area contributed by atoms with Crippen LogP contribution in [0.5, 0.6) is 0 Å². The van der Waals surface area contributed by atoms with Crippen molar-refractivity contribution in [2.24, 2.45) is 0 Å². The third-order valence-electron chi connectivity index (χ3n) is 2.40. The van der Waals surface area contributed by atoms with Gasteiger partial charge < -0.3 is 5.32 Å². The quantitative estimate of drug-likeness (QED) is 0.848. The Morgan fingerprint density at radius 2 is 2.16 bits per heavy atom.